The van der Waals surface area contributed by atoms with Crippen LogP contribution in [-0.2, 0) is 6.54 Å². The molecule has 0 amide bonds. The molecule has 1 aliphatic heterocycles. The van der Waals surface area contributed by atoms with E-state index in [1.807, 2.05) is 11.8 Å². The zero-order valence-corrected chi connectivity index (χ0v) is 9.26. The molecule has 2 N–H and O–H groups in total. The Bertz CT molecular complexity index is 460. The Morgan fingerprint density at radius 1 is 1.40 bits per heavy atom. The summed E-state index contributed by atoms with van der Waals surface area (Å²) >= 11 is 1.90. The van der Waals surface area contributed by atoms with Gasteiger partial charge < -0.3 is 5.73 Å². The Hall–Kier alpha value is -0.990. The minimum absolute atomic E-state index is 0.599. The lowest BCUT2D eigenvalue weighted by atomic mass is 9.91. The first-order chi connectivity index (χ1) is 7.40. The van der Waals surface area contributed by atoms with Crippen LogP contribution in [0.5, 0.6) is 0 Å². The zero-order valence-electron chi connectivity index (χ0n) is 8.44. The molecule has 1 unspecified atom stereocenters. The number of hydrogen-bond acceptors (Lipinski definition) is 2. The molecule has 3 rings (SSSR count). The van der Waals surface area contributed by atoms with Crippen molar-refractivity contribution in [2.75, 3.05) is 0 Å². The van der Waals surface area contributed by atoms with Gasteiger partial charge in [0, 0.05) is 17.4 Å². The van der Waals surface area contributed by atoms with Crippen LogP contribution in [0.15, 0.2) is 46.2 Å². The molecule has 0 saturated heterocycles. The van der Waals surface area contributed by atoms with E-state index in [1.165, 1.54) is 20.9 Å². The van der Waals surface area contributed by atoms with Crippen molar-refractivity contribution in [3.05, 3.63) is 52.5 Å². The van der Waals surface area contributed by atoms with Gasteiger partial charge in [0.2, 0.25) is 0 Å². The topological polar surface area (TPSA) is 26.0 Å². The van der Waals surface area contributed by atoms with Gasteiger partial charge in [-0.3, -0.25) is 0 Å². The maximum absolute atomic E-state index is 5.76. The number of benzene rings is 1. The monoisotopic (exact) mass is 215 g/mol. The van der Waals surface area contributed by atoms with Crippen molar-refractivity contribution in [3.63, 3.8) is 0 Å². The van der Waals surface area contributed by atoms with E-state index in [0.29, 0.717) is 12.5 Å². The summed E-state index contributed by atoms with van der Waals surface area (Å²) in [5.74, 6) is 0.599. The molecule has 15 heavy (non-hydrogen) atoms. The highest BCUT2D eigenvalue weighted by molar-refractivity contribution is 8.03. The lowest BCUT2D eigenvalue weighted by Gasteiger charge is -2.12. The maximum atomic E-state index is 5.76. The molecule has 1 aliphatic carbocycles. The van der Waals surface area contributed by atoms with Gasteiger partial charge in [0.25, 0.3) is 0 Å². The van der Waals surface area contributed by atoms with Crippen molar-refractivity contribution in [2.45, 2.75) is 23.8 Å². The molecule has 1 heterocycles. The lowest BCUT2D eigenvalue weighted by molar-refractivity contribution is 0.829. The summed E-state index contributed by atoms with van der Waals surface area (Å²) in [5.41, 5.74) is 8.52. The zero-order chi connectivity index (χ0) is 10.3. The van der Waals surface area contributed by atoms with Crippen molar-refractivity contribution >= 4 is 11.8 Å². The van der Waals surface area contributed by atoms with E-state index in [1.54, 1.807) is 0 Å². The van der Waals surface area contributed by atoms with E-state index in [-0.39, 0.29) is 0 Å². The van der Waals surface area contributed by atoms with Crippen LogP contribution in [-0.4, -0.2) is 0 Å². The molecule has 76 valence electrons. The van der Waals surface area contributed by atoms with E-state index in [4.69, 9.17) is 5.73 Å². The second-order valence-electron chi connectivity index (χ2n) is 3.93. The quantitative estimate of drug-likeness (QED) is 0.778. The number of thioether (sulfide) groups is 1. The summed E-state index contributed by atoms with van der Waals surface area (Å²) in [4.78, 5) is 2.88. The summed E-state index contributed by atoms with van der Waals surface area (Å²) in [6.07, 6.45) is 7.78. The first-order valence-corrected chi connectivity index (χ1v) is 6.08. The average molecular weight is 215 g/mol. The Balaban J connectivity index is 2.13. The van der Waals surface area contributed by atoms with Crippen LogP contribution >= 0.6 is 11.8 Å². The molecular weight excluding hydrogens is 202 g/mol. The molecule has 0 saturated carbocycles. The fourth-order valence-corrected chi connectivity index (χ4v) is 3.64. The van der Waals surface area contributed by atoms with Crippen molar-refractivity contribution in [3.8, 4) is 0 Å². The highest BCUT2D eigenvalue weighted by atomic mass is 32.2. The Morgan fingerprint density at radius 3 is 3.20 bits per heavy atom. The second kappa shape index (κ2) is 3.54. The van der Waals surface area contributed by atoms with Crippen LogP contribution in [0, 0.1) is 0 Å². The molecule has 2 heteroatoms. The van der Waals surface area contributed by atoms with E-state index in [9.17, 15) is 0 Å². The minimum Gasteiger partial charge on any atom is -0.326 e. The fraction of sp³-hybridized carbons (Fsp3) is 0.231. The molecular formula is C13H13NS. The third-order valence-corrected chi connectivity index (χ3v) is 4.41. The second-order valence-corrected chi connectivity index (χ2v) is 5.01. The van der Waals surface area contributed by atoms with Crippen LogP contribution in [0.3, 0.4) is 0 Å². The summed E-state index contributed by atoms with van der Waals surface area (Å²) < 4.78 is 0. The molecule has 2 aliphatic rings. The van der Waals surface area contributed by atoms with E-state index in [0.717, 1.165) is 6.42 Å². The smallest absolute Gasteiger partial charge is 0.0202 e. The third-order valence-electron chi connectivity index (χ3n) is 3.05. The van der Waals surface area contributed by atoms with Gasteiger partial charge >= 0.3 is 0 Å². The standard InChI is InChI=1S/C13H13NS/c14-8-9-4-3-6-11-10-5-1-2-7-12(10)15-13(9)11/h1-4,6-7,10H,5,8,14H2. The number of fused-ring (bicyclic) bond motifs is 3. The van der Waals surface area contributed by atoms with Gasteiger partial charge in [-0.1, -0.05) is 48.2 Å². The summed E-state index contributed by atoms with van der Waals surface area (Å²) in [5, 5.41) is 0. The molecule has 0 radical (unpaired) electrons. The van der Waals surface area contributed by atoms with E-state index in [2.05, 4.69) is 36.4 Å². The number of allylic oxidation sites excluding steroid dienone is 4. The van der Waals surface area contributed by atoms with Gasteiger partial charge in [0.15, 0.2) is 0 Å². The third kappa shape index (κ3) is 1.36. The van der Waals surface area contributed by atoms with Gasteiger partial charge in [-0.15, -0.1) is 0 Å². The predicted octanol–water partition coefficient (Wildman–Crippen LogP) is 3.18. The Kier molecular flexibility index (Phi) is 2.19. The molecule has 0 aromatic heterocycles. The highest BCUT2D eigenvalue weighted by Gasteiger charge is 2.29. The van der Waals surface area contributed by atoms with Crippen LogP contribution < -0.4 is 5.73 Å². The van der Waals surface area contributed by atoms with Crippen LogP contribution in [0.1, 0.15) is 23.5 Å². The van der Waals surface area contributed by atoms with Crippen LogP contribution in [0.25, 0.3) is 0 Å². The molecule has 1 aromatic carbocycles. The van der Waals surface area contributed by atoms with Crippen molar-refractivity contribution < 1.29 is 0 Å². The van der Waals surface area contributed by atoms with Crippen molar-refractivity contribution in [1.82, 2.24) is 0 Å². The predicted molar refractivity (Wildman–Crippen MR) is 64.8 cm³/mol. The van der Waals surface area contributed by atoms with Crippen LogP contribution in [0.4, 0.5) is 0 Å². The largest absolute Gasteiger partial charge is 0.326 e. The number of nitrogens with two attached hydrogens (primary N) is 1. The molecule has 0 fully saturated rings. The first kappa shape index (κ1) is 9.25. The minimum atomic E-state index is 0.599. The van der Waals surface area contributed by atoms with Gasteiger partial charge in [0.1, 0.15) is 0 Å². The number of hydrogen-bond donors (Lipinski definition) is 1. The number of rotatable bonds is 1. The highest BCUT2D eigenvalue weighted by Crippen LogP contribution is 2.52. The van der Waals surface area contributed by atoms with Gasteiger partial charge in [-0.2, -0.15) is 0 Å². The molecule has 1 atom stereocenters. The summed E-state index contributed by atoms with van der Waals surface area (Å²) in [7, 11) is 0. The molecule has 1 aromatic rings. The summed E-state index contributed by atoms with van der Waals surface area (Å²) in [6.45, 7) is 0.642. The van der Waals surface area contributed by atoms with E-state index < -0.39 is 0 Å². The summed E-state index contributed by atoms with van der Waals surface area (Å²) in [6, 6.07) is 6.51. The van der Waals surface area contributed by atoms with Crippen molar-refractivity contribution in [2.24, 2.45) is 5.73 Å². The lowest BCUT2D eigenvalue weighted by Crippen LogP contribution is -2.00. The molecule has 1 nitrogen and oxygen atoms in total. The van der Waals surface area contributed by atoms with Gasteiger partial charge in [-0.05, 0) is 22.5 Å². The SMILES string of the molecule is NCc1cccc2c1SC1=CC=CCC12. The molecule has 0 bridgehead atoms. The van der Waals surface area contributed by atoms with Crippen molar-refractivity contribution in [1.29, 1.82) is 0 Å². The fourth-order valence-electron chi connectivity index (χ4n) is 2.28. The van der Waals surface area contributed by atoms with Crippen LogP contribution in [0.2, 0.25) is 0 Å². The Labute approximate surface area is 94.1 Å². The normalized spacial score (nSPS) is 22.2. The Morgan fingerprint density at radius 2 is 2.33 bits per heavy atom. The van der Waals surface area contributed by atoms with E-state index >= 15 is 0 Å². The van der Waals surface area contributed by atoms with Gasteiger partial charge in [0.05, 0.1) is 0 Å². The average Bonchev–Trinajstić information content (AvgIpc) is 2.67. The first-order valence-electron chi connectivity index (χ1n) is 5.26. The molecule has 0 spiro atoms. The maximum Gasteiger partial charge on any atom is 0.0202 e. The van der Waals surface area contributed by atoms with Gasteiger partial charge in [-0.25, -0.2) is 0 Å².